The second kappa shape index (κ2) is 9.11. The lowest BCUT2D eigenvalue weighted by Gasteiger charge is -2.44. The van der Waals surface area contributed by atoms with Gasteiger partial charge in [-0.1, -0.05) is 17.7 Å². The van der Waals surface area contributed by atoms with Crippen molar-refractivity contribution in [3.8, 4) is 5.75 Å². The van der Waals surface area contributed by atoms with E-state index in [0.717, 1.165) is 0 Å². The van der Waals surface area contributed by atoms with Crippen LogP contribution in [-0.2, 0) is 0 Å². The van der Waals surface area contributed by atoms with E-state index in [1.54, 1.807) is 29.2 Å². The van der Waals surface area contributed by atoms with Crippen LogP contribution in [0.3, 0.4) is 0 Å². The summed E-state index contributed by atoms with van der Waals surface area (Å²) in [6.07, 6.45) is 2.77. The van der Waals surface area contributed by atoms with E-state index in [-0.39, 0.29) is 36.5 Å². The van der Waals surface area contributed by atoms with Gasteiger partial charge in [0.15, 0.2) is 5.78 Å². The molecule has 3 heterocycles. The molecule has 2 aliphatic rings. The number of ether oxygens (including phenoxy) is 1. The molecule has 1 saturated heterocycles. The van der Waals surface area contributed by atoms with E-state index >= 15 is 0 Å². The first kappa shape index (κ1) is 22.8. The number of carbonyl (C=O) groups is 3. The summed E-state index contributed by atoms with van der Waals surface area (Å²) in [5, 5.41) is 5.67. The van der Waals surface area contributed by atoms with E-state index in [1.165, 1.54) is 19.3 Å². The number of ketones is 1. The molecule has 1 aromatic carbocycles. The highest BCUT2D eigenvalue weighted by molar-refractivity contribution is 6.32. The van der Waals surface area contributed by atoms with Crippen LogP contribution in [0.1, 0.15) is 40.0 Å². The first-order chi connectivity index (χ1) is 14.4. The smallest absolute Gasteiger partial charge is 0.323 e. The van der Waals surface area contributed by atoms with Crippen molar-refractivity contribution in [2.24, 2.45) is 0 Å². The van der Waals surface area contributed by atoms with Gasteiger partial charge >= 0.3 is 6.03 Å². The van der Waals surface area contributed by atoms with Gasteiger partial charge in [-0.15, -0.1) is 12.4 Å². The number of likely N-dealkylation sites (tertiary alicyclic amines) is 1. The van der Waals surface area contributed by atoms with E-state index < -0.39 is 5.60 Å². The first-order valence-corrected chi connectivity index (χ1v) is 10.0. The van der Waals surface area contributed by atoms with Crippen LogP contribution in [0, 0.1) is 0 Å². The minimum Gasteiger partial charge on any atom is -0.484 e. The van der Waals surface area contributed by atoms with Crippen molar-refractivity contribution in [3.05, 3.63) is 52.7 Å². The lowest BCUT2D eigenvalue weighted by molar-refractivity contribution is 0.000441. The Morgan fingerprint density at radius 1 is 1.23 bits per heavy atom. The zero-order valence-corrected chi connectivity index (χ0v) is 18.4. The molecular weight excluding hydrogens is 443 g/mol. The van der Waals surface area contributed by atoms with Gasteiger partial charge in [0.25, 0.3) is 5.91 Å². The Hall–Kier alpha value is -2.84. The topological polar surface area (TPSA) is 101 Å². The van der Waals surface area contributed by atoms with Crippen molar-refractivity contribution in [1.29, 1.82) is 0 Å². The van der Waals surface area contributed by atoms with Crippen LogP contribution in [0.5, 0.6) is 5.75 Å². The summed E-state index contributed by atoms with van der Waals surface area (Å²) in [7, 11) is 1.54. The number of carbonyl (C=O) groups excluding carboxylic acids is 3. The number of halogens is 2. The number of anilines is 1. The molecular formula is C21H22Cl2N4O4. The summed E-state index contributed by atoms with van der Waals surface area (Å²) in [6.45, 7) is 0.849. The van der Waals surface area contributed by atoms with Crippen LogP contribution in [0.25, 0.3) is 0 Å². The van der Waals surface area contributed by atoms with Crippen molar-refractivity contribution in [2.75, 3.05) is 25.5 Å². The van der Waals surface area contributed by atoms with Gasteiger partial charge in [-0.2, -0.15) is 0 Å². The summed E-state index contributed by atoms with van der Waals surface area (Å²) in [6, 6.07) is 7.94. The number of rotatable bonds is 2. The third kappa shape index (κ3) is 4.60. The van der Waals surface area contributed by atoms with Crippen LogP contribution in [-0.4, -0.2) is 53.3 Å². The number of para-hydroxylation sites is 1. The van der Waals surface area contributed by atoms with Crippen LogP contribution in [0.4, 0.5) is 10.6 Å². The summed E-state index contributed by atoms with van der Waals surface area (Å²) >= 11 is 6.24. The van der Waals surface area contributed by atoms with Crippen LogP contribution >= 0.6 is 24.0 Å². The van der Waals surface area contributed by atoms with Gasteiger partial charge in [-0.05, 0) is 24.3 Å². The predicted octanol–water partition coefficient (Wildman–Crippen LogP) is 3.55. The van der Waals surface area contributed by atoms with Crippen molar-refractivity contribution in [3.63, 3.8) is 0 Å². The fourth-order valence-electron chi connectivity index (χ4n) is 3.84. The van der Waals surface area contributed by atoms with E-state index in [4.69, 9.17) is 16.3 Å². The second-order valence-corrected chi connectivity index (χ2v) is 7.83. The number of hydrogen-bond acceptors (Lipinski definition) is 5. The van der Waals surface area contributed by atoms with Gasteiger partial charge in [-0.3, -0.25) is 14.9 Å². The first-order valence-electron chi connectivity index (χ1n) is 9.66. The molecule has 1 fully saturated rings. The van der Waals surface area contributed by atoms with E-state index in [0.29, 0.717) is 53.6 Å². The molecule has 0 aliphatic carbocycles. The van der Waals surface area contributed by atoms with Crippen molar-refractivity contribution in [2.45, 2.75) is 24.9 Å². The number of hydrogen-bond donors (Lipinski definition) is 2. The molecule has 164 valence electrons. The molecule has 2 aliphatic heterocycles. The summed E-state index contributed by atoms with van der Waals surface area (Å²) in [4.78, 5) is 42.8. The summed E-state index contributed by atoms with van der Waals surface area (Å²) in [5.41, 5.74) is 0.267. The number of pyridine rings is 1. The Morgan fingerprint density at radius 2 is 1.97 bits per heavy atom. The minimum absolute atomic E-state index is 0. The van der Waals surface area contributed by atoms with E-state index in [1.807, 2.05) is 0 Å². The molecule has 0 atom stereocenters. The molecule has 10 heteroatoms. The fourth-order valence-corrected chi connectivity index (χ4v) is 4.05. The number of nitrogens with zero attached hydrogens (tertiary/aromatic N) is 2. The third-order valence-corrected chi connectivity index (χ3v) is 5.81. The van der Waals surface area contributed by atoms with Crippen molar-refractivity contribution < 1.29 is 19.1 Å². The predicted molar refractivity (Wildman–Crippen MR) is 118 cm³/mol. The number of amides is 3. The number of nitrogens with one attached hydrogen (secondary N) is 2. The third-order valence-electron chi connectivity index (χ3n) is 5.51. The Labute approximate surface area is 190 Å². The van der Waals surface area contributed by atoms with Crippen molar-refractivity contribution >= 4 is 47.5 Å². The van der Waals surface area contributed by atoms with Gasteiger partial charge in [0, 0.05) is 44.7 Å². The Bertz CT molecular complexity index is 1020. The maximum Gasteiger partial charge on any atom is 0.323 e. The summed E-state index contributed by atoms with van der Waals surface area (Å²) < 4.78 is 6.19. The van der Waals surface area contributed by atoms with E-state index in [9.17, 15) is 14.4 Å². The fraction of sp³-hybridized carbons (Fsp3) is 0.333. The van der Waals surface area contributed by atoms with Gasteiger partial charge in [0.2, 0.25) is 0 Å². The van der Waals surface area contributed by atoms with Crippen molar-refractivity contribution in [1.82, 2.24) is 15.2 Å². The average molecular weight is 465 g/mol. The molecule has 31 heavy (non-hydrogen) atoms. The lowest BCUT2D eigenvalue weighted by atomic mass is 9.82. The molecule has 2 N–H and O–H groups in total. The van der Waals surface area contributed by atoms with Gasteiger partial charge < -0.3 is 15.0 Å². The summed E-state index contributed by atoms with van der Waals surface area (Å²) in [5.74, 6) is 0.479. The zero-order valence-electron chi connectivity index (χ0n) is 16.8. The maximum absolute atomic E-state index is 12.7. The van der Waals surface area contributed by atoms with Crippen LogP contribution < -0.4 is 15.4 Å². The maximum atomic E-state index is 12.7. The molecule has 1 spiro atoms. The molecule has 0 unspecified atom stereocenters. The Balaban J connectivity index is 0.00000272. The van der Waals surface area contributed by atoms with Crippen LogP contribution in [0.15, 0.2) is 36.5 Å². The van der Waals surface area contributed by atoms with Crippen LogP contribution in [0.2, 0.25) is 5.02 Å². The molecule has 1 aromatic heterocycles. The Morgan fingerprint density at radius 3 is 2.68 bits per heavy atom. The highest BCUT2D eigenvalue weighted by atomic mass is 35.5. The molecule has 0 bridgehead atoms. The molecule has 0 radical (unpaired) electrons. The number of piperidine rings is 1. The number of Topliss-reactive ketones (excluding diaryl/α,β-unsaturated/α-hetero) is 1. The number of fused-ring (bicyclic) bond motifs is 1. The van der Waals surface area contributed by atoms with E-state index in [2.05, 4.69) is 15.6 Å². The molecule has 0 saturated carbocycles. The molecule has 8 nitrogen and oxygen atoms in total. The second-order valence-electron chi connectivity index (χ2n) is 7.43. The average Bonchev–Trinajstić information content (AvgIpc) is 2.75. The molecule has 3 amide bonds. The number of benzene rings is 1. The Kier molecular flexibility index (Phi) is 6.71. The highest BCUT2D eigenvalue weighted by Crippen LogP contribution is 2.42. The number of aromatic nitrogens is 1. The minimum atomic E-state index is -0.650. The largest absolute Gasteiger partial charge is 0.484 e. The number of urea groups is 1. The SMILES string of the molecule is CNC(=O)c1ccnc(NC(=O)N2CCC3(CC2)CC(=O)c2cccc(Cl)c2O3)c1.Cl. The zero-order chi connectivity index (χ0) is 21.3. The molecule has 2 aromatic rings. The highest BCUT2D eigenvalue weighted by Gasteiger charge is 2.44. The van der Waals surface area contributed by atoms with Gasteiger partial charge in [0.1, 0.15) is 17.2 Å². The normalized spacial score (nSPS) is 16.6. The lowest BCUT2D eigenvalue weighted by Crippen LogP contribution is -2.53. The monoisotopic (exact) mass is 464 g/mol. The van der Waals surface area contributed by atoms with Gasteiger partial charge in [-0.25, -0.2) is 9.78 Å². The molecule has 4 rings (SSSR count). The quantitative estimate of drug-likeness (QED) is 0.707. The van der Waals surface area contributed by atoms with Gasteiger partial charge in [0.05, 0.1) is 17.0 Å². The standard InChI is InChI=1S/C21H21ClN4O4.ClH/c1-23-19(28)13-5-8-24-17(11-13)25-20(29)26-9-6-21(7-10-26)12-16(27)14-3-2-4-15(22)18(14)30-21;/h2-5,8,11H,6-7,9-10,12H2,1H3,(H,23,28)(H,24,25,29);1H.